The Morgan fingerprint density at radius 3 is 2.30 bits per heavy atom. The highest BCUT2D eigenvalue weighted by atomic mass is 16.3. The van der Waals surface area contributed by atoms with E-state index in [1.54, 1.807) is 5.32 Å². The van der Waals surface area contributed by atoms with Crippen molar-refractivity contribution in [3.8, 4) is 0 Å². The molecule has 6 N–H and O–H groups in total. The second-order valence-corrected chi connectivity index (χ2v) is 6.27. The van der Waals surface area contributed by atoms with Crippen LogP contribution in [-0.2, 0) is 6.54 Å². The molecule has 1 aromatic heterocycles. The maximum atomic E-state index is 10.3. The Morgan fingerprint density at radius 2 is 1.70 bits per heavy atom. The van der Waals surface area contributed by atoms with Crippen LogP contribution in [-0.4, -0.2) is 63.0 Å². The quantitative estimate of drug-likeness (QED) is 0.425. The highest BCUT2D eigenvalue weighted by molar-refractivity contribution is 5.85. The maximum absolute atomic E-state index is 10.3. The number of fused-ring (bicyclic) bond motifs is 1. The molecule has 2 aromatic rings. The van der Waals surface area contributed by atoms with Crippen molar-refractivity contribution in [1.82, 2.24) is 4.57 Å². The van der Waals surface area contributed by atoms with Crippen molar-refractivity contribution in [3.05, 3.63) is 35.5 Å². The molecule has 0 saturated heterocycles. The van der Waals surface area contributed by atoms with Crippen LogP contribution in [0.5, 0.6) is 0 Å². The number of aliphatic hydroxyl groups is 4. The Labute approximate surface area is 136 Å². The van der Waals surface area contributed by atoms with Gasteiger partial charge in [-0.05, 0) is 25.5 Å². The first-order valence-corrected chi connectivity index (χ1v) is 7.87. The molecule has 6 nitrogen and oxygen atoms in total. The van der Waals surface area contributed by atoms with Crippen molar-refractivity contribution in [2.75, 3.05) is 26.4 Å². The van der Waals surface area contributed by atoms with Crippen molar-refractivity contribution in [2.24, 2.45) is 0 Å². The molecule has 128 valence electrons. The number of nitrogens with two attached hydrogens (primary N) is 1. The number of aromatic nitrogens is 1. The predicted octanol–water partition coefficient (Wildman–Crippen LogP) is -1.10. The van der Waals surface area contributed by atoms with Gasteiger partial charge in [-0.15, -0.1) is 0 Å². The van der Waals surface area contributed by atoms with E-state index in [1.807, 2.05) is 25.1 Å². The van der Waals surface area contributed by atoms with E-state index in [9.17, 15) is 20.4 Å². The number of hydrogen-bond acceptors (Lipinski definition) is 4. The normalized spacial score (nSPS) is 13.7. The summed E-state index contributed by atoms with van der Waals surface area (Å²) in [7, 11) is 0. The average Bonchev–Trinajstić information content (AvgIpc) is 2.82. The molecule has 0 fully saturated rings. The van der Waals surface area contributed by atoms with Gasteiger partial charge in [0.05, 0.1) is 6.54 Å². The highest BCUT2D eigenvalue weighted by Gasteiger charge is 2.32. The Kier molecular flexibility index (Phi) is 5.78. The second-order valence-electron chi connectivity index (χ2n) is 6.27. The summed E-state index contributed by atoms with van der Waals surface area (Å²) in [5, 5.41) is 41.1. The van der Waals surface area contributed by atoms with Crippen LogP contribution in [0.25, 0.3) is 10.9 Å². The molecule has 0 aliphatic rings. The Hall–Kier alpha value is -1.44. The molecule has 0 bridgehead atoms. The van der Waals surface area contributed by atoms with Gasteiger partial charge in [-0.3, -0.25) is 0 Å². The van der Waals surface area contributed by atoms with Gasteiger partial charge in [-0.25, -0.2) is 0 Å². The number of para-hydroxylation sites is 1. The van der Waals surface area contributed by atoms with Gasteiger partial charge in [0.2, 0.25) is 0 Å². The lowest BCUT2D eigenvalue weighted by Gasteiger charge is -2.26. The van der Waals surface area contributed by atoms with Crippen LogP contribution >= 0.6 is 0 Å². The lowest BCUT2D eigenvalue weighted by Crippen LogP contribution is -3.01. The van der Waals surface area contributed by atoms with Gasteiger partial charge in [-0.1, -0.05) is 18.2 Å². The van der Waals surface area contributed by atoms with Crippen LogP contribution in [0.1, 0.15) is 11.3 Å². The molecule has 0 amide bonds. The lowest BCUT2D eigenvalue weighted by atomic mass is 10.0. The minimum Gasteiger partial charge on any atom is -0.390 e. The lowest BCUT2D eigenvalue weighted by molar-refractivity contribution is -0.737. The van der Waals surface area contributed by atoms with E-state index >= 15 is 0 Å². The molecule has 0 aliphatic heterocycles. The predicted molar refractivity (Wildman–Crippen MR) is 88.2 cm³/mol. The Morgan fingerprint density at radius 1 is 1.09 bits per heavy atom. The van der Waals surface area contributed by atoms with E-state index in [0.717, 1.165) is 11.2 Å². The SMILES string of the molecule is Cc1c(C)n(C[C@@H](O)C[NH2+]C(CO)(CO)CO)c2ccccc12. The highest BCUT2D eigenvalue weighted by Crippen LogP contribution is 2.24. The zero-order chi connectivity index (χ0) is 17.0. The third-order valence-electron chi connectivity index (χ3n) is 4.71. The van der Waals surface area contributed by atoms with E-state index in [-0.39, 0.29) is 26.4 Å². The van der Waals surface area contributed by atoms with Gasteiger partial charge in [0.25, 0.3) is 0 Å². The monoisotopic (exact) mass is 323 g/mol. The van der Waals surface area contributed by atoms with Gasteiger partial charge >= 0.3 is 0 Å². The molecular formula is C17H27N2O4+. The summed E-state index contributed by atoms with van der Waals surface area (Å²) < 4.78 is 2.09. The van der Waals surface area contributed by atoms with Gasteiger partial charge < -0.3 is 30.3 Å². The van der Waals surface area contributed by atoms with Crippen molar-refractivity contribution < 1.29 is 25.7 Å². The summed E-state index contributed by atoms with van der Waals surface area (Å²) in [5.41, 5.74) is 2.35. The van der Waals surface area contributed by atoms with E-state index in [1.165, 1.54) is 10.9 Å². The number of aryl methyl sites for hydroxylation is 1. The fraction of sp³-hybridized carbons (Fsp3) is 0.529. The number of benzene rings is 1. The minimum absolute atomic E-state index is 0.284. The Bertz CT molecular complexity index is 641. The van der Waals surface area contributed by atoms with E-state index in [4.69, 9.17) is 0 Å². The summed E-state index contributed by atoms with van der Waals surface area (Å²) >= 11 is 0. The number of quaternary nitrogens is 1. The van der Waals surface area contributed by atoms with Crippen LogP contribution in [0.15, 0.2) is 24.3 Å². The minimum atomic E-state index is -1.05. The fourth-order valence-electron chi connectivity index (χ4n) is 2.85. The van der Waals surface area contributed by atoms with Crippen LogP contribution in [0, 0.1) is 13.8 Å². The molecule has 1 atom stereocenters. The molecular weight excluding hydrogens is 296 g/mol. The molecule has 6 heteroatoms. The van der Waals surface area contributed by atoms with Crippen LogP contribution in [0.3, 0.4) is 0 Å². The third kappa shape index (κ3) is 3.57. The third-order valence-corrected chi connectivity index (χ3v) is 4.71. The zero-order valence-corrected chi connectivity index (χ0v) is 13.7. The fourth-order valence-corrected chi connectivity index (χ4v) is 2.85. The van der Waals surface area contributed by atoms with E-state index in [0.29, 0.717) is 6.54 Å². The molecule has 1 heterocycles. The number of hydrogen-bond donors (Lipinski definition) is 5. The van der Waals surface area contributed by atoms with Crippen molar-refractivity contribution >= 4 is 10.9 Å². The van der Waals surface area contributed by atoms with Crippen LogP contribution in [0.2, 0.25) is 0 Å². The summed E-state index contributed by atoms with van der Waals surface area (Å²) in [6, 6.07) is 8.08. The molecule has 0 saturated carbocycles. The molecule has 0 unspecified atom stereocenters. The van der Waals surface area contributed by atoms with Gasteiger partial charge in [0.1, 0.15) is 32.5 Å². The van der Waals surface area contributed by atoms with E-state index < -0.39 is 11.6 Å². The summed E-state index contributed by atoms with van der Waals surface area (Å²) in [4.78, 5) is 0. The molecule has 1 aromatic carbocycles. The molecule has 2 rings (SSSR count). The maximum Gasteiger partial charge on any atom is 0.166 e. The molecule has 23 heavy (non-hydrogen) atoms. The summed E-state index contributed by atoms with van der Waals surface area (Å²) in [6.07, 6.45) is -0.659. The topological polar surface area (TPSA) is 102 Å². The standard InChI is InChI=1S/C17H26N2O4/c1-12-13(2)19(16-6-4-3-5-15(12)16)8-14(23)7-18-17(9-20,10-21)11-22/h3-6,14,18,20-23H,7-11H2,1-2H3/p+1/t14-/m0/s1. The largest absolute Gasteiger partial charge is 0.390 e. The molecule has 0 aliphatic carbocycles. The van der Waals surface area contributed by atoms with Crippen molar-refractivity contribution in [1.29, 1.82) is 0 Å². The first-order valence-electron chi connectivity index (χ1n) is 7.87. The van der Waals surface area contributed by atoms with Crippen LogP contribution in [0.4, 0.5) is 0 Å². The first kappa shape index (κ1) is 17.9. The molecule has 0 radical (unpaired) electrons. The van der Waals surface area contributed by atoms with Gasteiger partial charge in [0.15, 0.2) is 5.54 Å². The Balaban J connectivity index is 2.12. The summed E-state index contributed by atoms with van der Waals surface area (Å²) in [6.45, 7) is 3.76. The van der Waals surface area contributed by atoms with Crippen molar-refractivity contribution in [3.63, 3.8) is 0 Å². The van der Waals surface area contributed by atoms with Gasteiger partial charge in [-0.2, -0.15) is 0 Å². The van der Waals surface area contributed by atoms with E-state index in [2.05, 4.69) is 17.6 Å². The first-order chi connectivity index (χ1) is 11.0. The van der Waals surface area contributed by atoms with Gasteiger partial charge in [0, 0.05) is 16.6 Å². The van der Waals surface area contributed by atoms with Crippen molar-refractivity contribution in [2.45, 2.75) is 32.0 Å². The summed E-state index contributed by atoms with van der Waals surface area (Å²) in [5.74, 6) is 0. The zero-order valence-electron chi connectivity index (χ0n) is 13.7. The smallest absolute Gasteiger partial charge is 0.166 e. The number of rotatable bonds is 8. The second kappa shape index (κ2) is 7.42. The number of nitrogens with zero attached hydrogens (tertiary/aromatic N) is 1. The number of aliphatic hydroxyl groups excluding tert-OH is 4. The molecule has 0 spiro atoms. The van der Waals surface area contributed by atoms with Crippen LogP contribution < -0.4 is 5.32 Å². The average molecular weight is 323 g/mol.